The van der Waals surface area contributed by atoms with E-state index in [0.29, 0.717) is 5.69 Å². The van der Waals surface area contributed by atoms with Crippen LogP contribution in [0.4, 0.5) is 5.69 Å². The molecular formula is C11H10ClNO2. The molecule has 1 aromatic rings. The average molecular weight is 224 g/mol. The quantitative estimate of drug-likeness (QED) is 0.682. The van der Waals surface area contributed by atoms with Gasteiger partial charge in [-0.25, -0.2) is 4.90 Å². The Morgan fingerprint density at radius 1 is 1.47 bits per heavy atom. The lowest BCUT2D eigenvalue weighted by molar-refractivity contribution is -0.125. The number of imide groups is 1. The molecule has 2 rings (SSSR count). The largest absolute Gasteiger partial charge is 0.273 e. The second-order valence-corrected chi connectivity index (χ2v) is 3.75. The number of halogens is 1. The molecule has 1 unspecified atom stereocenters. The van der Waals surface area contributed by atoms with Gasteiger partial charge in [-0.15, -0.1) is 11.6 Å². The first-order valence-electron chi connectivity index (χ1n) is 4.68. The van der Waals surface area contributed by atoms with E-state index in [4.69, 9.17) is 11.6 Å². The summed E-state index contributed by atoms with van der Waals surface area (Å²) < 4.78 is 0. The molecule has 0 fully saturated rings. The highest BCUT2D eigenvalue weighted by molar-refractivity contribution is 6.34. The number of amides is 2. The lowest BCUT2D eigenvalue weighted by Crippen LogP contribution is -2.35. The molecule has 0 bridgehead atoms. The van der Waals surface area contributed by atoms with Crippen molar-refractivity contribution >= 4 is 29.1 Å². The van der Waals surface area contributed by atoms with E-state index in [1.54, 1.807) is 19.1 Å². The molecule has 0 aliphatic carbocycles. The molecular weight excluding hydrogens is 214 g/mol. The zero-order valence-electron chi connectivity index (χ0n) is 8.24. The van der Waals surface area contributed by atoms with Gasteiger partial charge in [0, 0.05) is 0 Å². The summed E-state index contributed by atoms with van der Waals surface area (Å²) in [4.78, 5) is 24.5. The Kier molecular flexibility index (Phi) is 2.49. The van der Waals surface area contributed by atoms with Gasteiger partial charge in [0.25, 0.3) is 0 Å². The fraction of sp³-hybridized carbons (Fsp3) is 0.273. The van der Waals surface area contributed by atoms with Crippen LogP contribution in [-0.4, -0.2) is 17.7 Å². The first-order valence-corrected chi connectivity index (χ1v) is 5.22. The second-order valence-electron chi connectivity index (χ2n) is 3.48. The number of rotatable bonds is 1. The summed E-state index contributed by atoms with van der Waals surface area (Å²) in [5, 5.41) is 0. The molecule has 1 atom stereocenters. The normalized spacial score (nSPS) is 19.2. The van der Waals surface area contributed by atoms with Gasteiger partial charge in [0.15, 0.2) is 0 Å². The molecule has 78 valence electrons. The van der Waals surface area contributed by atoms with E-state index in [-0.39, 0.29) is 23.6 Å². The monoisotopic (exact) mass is 223 g/mol. The third-order valence-electron chi connectivity index (χ3n) is 2.60. The predicted molar refractivity (Wildman–Crippen MR) is 58.1 cm³/mol. The molecule has 15 heavy (non-hydrogen) atoms. The Hall–Kier alpha value is -1.35. The Labute approximate surface area is 92.6 Å². The minimum Gasteiger partial charge on any atom is -0.273 e. The van der Waals surface area contributed by atoms with Gasteiger partial charge in [-0.1, -0.05) is 18.2 Å². The fourth-order valence-corrected chi connectivity index (χ4v) is 1.94. The summed E-state index contributed by atoms with van der Waals surface area (Å²) in [5.74, 6) is -0.985. The number of anilines is 1. The van der Waals surface area contributed by atoms with Gasteiger partial charge in [-0.05, 0) is 18.6 Å². The van der Waals surface area contributed by atoms with E-state index < -0.39 is 0 Å². The van der Waals surface area contributed by atoms with Crippen LogP contribution in [0.15, 0.2) is 24.3 Å². The van der Waals surface area contributed by atoms with Crippen molar-refractivity contribution in [3.8, 4) is 0 Å². The van der Waals surface area contributed by atoms with Crippen LogP contribution in [0.1, 0.15) is 18.4 Å². The molecule has 2 amide bonds. The number of alkyl halides is 1. The summed E-state index contributed by atoms with van der Waals surface area (Å²) in [5.41, 5.74) is 1.56. The number of benzene rings is 1. The Morgan fingerprint density at radius 2 is 2.13 bits per heavy atom. The van der Waals surface area contributed by atoms with Gasteiger partial charge >= 0.3 is 0 Å². The van der Waals surface area contributed by atoms with E-state index in [1.165, 1.54) is 4.90 Å². The van der Waals surface area contributed by atoms with Crippen molar-refractivity contribution in [3.63, 3.8) is 0 Å². The van der Waals surface area contributed by atoms with Crippen LogP contribution in [0.3, 0.4) is 0 Å². The molecule has 1 heterocycles. The van der Waals surface area contributed by atoms with Crippen molar-refractivity contribution in [1.82, 2.24) is 0 Å². The molecule has 1 aliphatic heterocycles. The van der Waals surface area contributed by atoms with Crippen LogP contribution < -0.4 is 4.90 Å². The van der Waals surface area contributed by atoms with Crippen LogP contribution in [-0.2, 0) is 9.59 Å². The molecule has 3 nitrogen and oxygen atoms in total. The van der Waals surface area contributed by atoms with Crippen molar-refractivity contribution in [2.75, 3.05) is 10.8 Å². The summed E-state index contributed by atoms with van der Waals surface area (Å²) in [7, 11) is 0. The third kappa shape index (κ3) is 1.43. The average Bonchev–Trinajstić information content (AvgIpc) is 2.52. The lowest BCUT2D eigenvalue weighted by Gasteiger charge is -2.13. The molecule has 0 N–H and O–H groups in total. The van der Waals surface area contributed by atoms with Gasteiger partial charge in [0.05, 0.1) is 11.6 Å². The molecule has 0 radical (unpaired) electrons. The number of hydrogen-bond donors (Lipinski definition) is 0. The maximum Gasteiger partial charge on any atom is 0.248 e. The Morgan fingerprint density at radius 3 is 2.80 bits per heavy atom. The molecule has 0 aromatic heterocycles. The predicted octanol–water partition coefficient (Wildman–Crippen LogP) is 1.90. The van der Waals surface area contributed by atoms with Crippen molar-refractivity contribution in [3.05, 3.63) is 29.8 Å². The molecule has 0 saturated heterocycles. The van der Waals surface area contributed by atoms with Gasteiger partial charge in [0.1, 0.15) is 5.88 Å². The minimum absolute atomic E-state index is 0.174. The summed E-state index contributed by atoms with van der Waals surface area (Å²) in [6, 6.07) is 7.29. The Bertz CT molecular complexity index is 430. The van der Waals surface area contributed by atoms with Gasteiger partial charge in [-0.2, -0.15) is 0 Å². The smallest absolute Gasteiger partial charge is 0.248 e. The highest BCUT2D eigenvalue weighted by atomic mass is 35.5. The molecule has 0 saturated carbocycles. The SMILES string of the molecule is CC1C(=O)N(C(=O)CCl)c2ccccc21. The number of hydrogen-bond acceptors (Lipinski definition) is 2. The zero-order valence-corrected chi connectivity index (χ0v) is 8.99. The highest BCUT2D eigenvalue weighted by Crippen LogP contribution is 2.36. The van der Waals surface area contributed by atoms with Crippen molar-refractivity contribution in [2.24, 2.45) is 0 Å². The minimum atomic E-state index is -0.363. The van der Waals surface area contributed by atoms with E-state index >= 15 is 0 Å². The molecule has 1 aliphatic rings. The number of carbonyl (C=O) groups is 2. The number of para-hydroxylation sites is 1. The first kappa shape index (κ1) is 10.2. The number of carbonyl (C=O) groups excluding carboxylic acids is 2. The van der Waals surface area contributed by atoms with E-state index in [1.807, 2.05) is 12.1 Å². The van der Waals surface area contributed by atoms with Gasteiger partial charge in [-0.3, -0.25) is 9.59 Å². The molecule has 4 heteroatoms. The van der Waals surface area contributed by atoms with Gasteiger partial charge < -0.3 is 0 Å². The Balaban J connectivity index is 2.51. The van der Waals surface area contributed by atoms with Gasteiger partial charge in [0.2, 0.25) is 11.8 Å². The molecule has 0 spiro atoms. The van der Waals surface area contributed by atoms with Crippen LogP contribution in [0, 0.1) is 0 Å². The summed E-state index contributed by atoms with van der Waals surface area (Å²) >= 11 is 5.47. The van der Waals surface area contributed by atoms with E-state index in [2.05, 4.69) is 0 Å². The highest BCUT2D eigenvalue weighted by Gasteiger charge is 2.37. The number of fused-ring (bicyclic) bond motifs is 1. The fourth-order valence-electron chi connectivity index (χ4n) is 1.82. The first-order chi connectivity index (χ1) is 7.16. The molecule has 1 aromatic carbocycles. The van der Waals surface area contributed by atoms with Crippen LogP contribution in [0.5, 0.6) is 0 Å². The van der Waals surface area contributed by atoms with E-state index in [9.17, 15) is 9.59 Å². The third-order valence-corrected chi connectivity index (χ3v) is 2.83. The topological polar surface area (TPSA) is 37.4 Å². The zero-order chi connectivity index (χ0) is 11.0. The standard InChI is InChI=1S/C11H10ClNO2/c1-7-8-4-2-3-5-9(8)13(11(7)15)10(14)6-12/h2-5,7H,6H2,1H3. The lowest BCUT2D eigenvalue weighted by atomic mass is 10.0. The van der Waals surface area contributed by atoms with Crippen LogP contribution >= 0.6 is 11.6 Å². The number of nitrogens with zero attached hydrogens (tertiary/aromatic N) is 1. The van der Waals surface area contributed by atoms with Crippen LogP contribution in [0.25, 0.3) is 0 Å². The van der Waals surface area contributed by atoms with Crippen molar-refractivity contribution in [1.29, 1.82) is 0 Å². The van der Waals surface area contributed by atoms with Crippen molar-refractivity contribution < 1.29 is 9.59 Å². The second kappa shape index (κ2) is 3.66. The maximum atomic E-state index is 11.8. The van der Waals surface area contributed by atoms with Crippen molar-refractivity contribution in [2.45, 2.75) is 12.8 Å². The van der Waals surface area contributed by atoms with Crippen LogP contribution in [0.2, 0.25) is 0 Å². The maximum absolute atomic E-state index is 11.8. The van der Waals surface area contributed by atoms with E-state index in [0.717, 1.165) is 5.56 Å². The summed E-state index contributed by atoms with van der Waals surface area (Å²) in [6.45, 7) is 1.79. The summed E-state index contributed by atoms with van der Waals surface area (Å²) in [6.07, 6.45) is 0.